The highest BCUT2D eigenvalue weighted by molar-refractivity contribution is 6.32. The van der Waals surface area contributed by atoms with Crippen molar-refractivity contribution in [1.82, 2.24) is 14.9 Å². The highest BCUT2D eigenvalue weighted by atomic mass is 35.5. The molecule has 10 heteroatoms. The summed E-state index contributed by atoms with van der Waals surface area (Å²) in [5, 5.41) is 13.0. The average Bonchev–Trinajstić information content (AvgIpc) is 2.80. The Hall–Kier alpha value is -2.19. The molecule has 6 nitrogen and oxygen atoms in total. The van der Waals surface area contributed by atoms with Gasteiger partial charge in [0, 0.05) is 24.3 Å². The van der Waals surface area contributed by atoms with Gasteiger partial charge in [0.1, 0.15) is 5.52 Å². The van der Waals surface area contributed by atoms with Crippen LogP contribution < -0.4 is 5.32 Å². The topological polar surface area (TPSA) is 78.3 Å². The molecule has 1 aliphatic carbocycles. The third-order valence-electron chi connectivity index (χ3n) is 6.52. The Kier molecular flexibility index (Phi) is 10.1. The zero-order valence-corrected chi connectivity index (χ0v) is 22.2. The number of Topliss-reactive ketones (excluding diaryl/α,β-unsaturated/α-hetero) is 1. The number of aromatic nitrogens is 2. The normalized spacial score (nSPS) is 17.5. The molecule has 190 valence electrons. The van der Waals surface area contributed by atoms with Crippen molar-refractivity contribution in [3.8, 4) is 17.0 Å². The van der Waals surface area contributed by atoms with Crippen molar-refractivity contribution in [1.29, 1.82) is 0 Å². The van der Waals surface area contributed by atoms with Gasteiger partial charge in [0.15, 0.2) is 17.3 Å². The lowest BCUT2D eigenvalue weighted by molar-refractivity contribution is 0.101. The molecule has 0 spiro atoms. The largest absolute Gasteiger partial charge is 0.504 e. The van der Waals surface area contributed by atoms with E-state index in [1.54, 1.807) is 18.3 Å². The fourth-order valence-corrected chi connectivity index (χ4v) is 4.71. The number of benzene rings is 1. The minimum atomic E-state index is -0.818. The number of carbonyl (C=O) groups excluding carboxylic acids is 1. The lowest BCUT2D eigenvalue weighted by Gasteiger charge is -2.33. The third kappa shape index (κ3) is 6.33. The van der Waals surface area contributed by atoms with E-state index in [0.29, 0.717) is 45.5 Å². The molecule has 4 rings (SSSR count). The van der Waals surface area contributed by atoms with Crippen LogP contribution in [0, 0.1) is 11.7 Å². The van der Waals surface area contributed by atoms with Crippen molar-refractivity contribution in [2.45, 2.75) is 38.6 Å². The molecule has 2 N–H and O–H groups in total. The maximum Gasteiger partial charge on any atom is 0.170 e. The van der Waals surface area contributed by atoms with Crippen LogP contribution in [0.25, 0.3) is 22.3 Å². The van der Waals surface area contributed by atoms with E-state index >= 15 is 0 Å². The van der Waals surface area contributed by atoms with Gasteiger partial charge < -0.3 is 15.3 Å². The monoisotopic (exact) mass is 542 g/mol. The van der Waals surface area contributed by atoms with Gasteiger partial charge in [-0.25, -0.2) is 9.37 Å². The maximum absolute atomic E-state index is 14.1. The van der Waals surface area contributed by atoms with Gasteiger partial charge in [-0.05, 0) is 76.9 Å². The van der Waals surface area contributed by atoms with Crippen LogP contribution in [-0.4, -0.2) is 52.4 Å². The van der Waals surface area contributed by atoms with Gasteiger partial charge >= 0.3 is 0 Å². The van der Waals surface area contributed by atoms with Crippen LogP contribution in [0.4, 0.5) is 10.1 Å². The second-order valence-electron chi connectivity index (χ2n) is 8.97. The maximum atomic E-state index is 14.1. The number of hydrogen-bond donors (Lipinski definition) is 2. The average molecular weight is 544 g/mol. The lowest BCUT2D eigenvalue weighted by atomic mass is 9.85. The number of phenolic OH excluding ortho intramolecular Hbond substituents is 1. The summed E-state index contributed by atoms with van der Waals surface area (Å²) >= 11 is 5.96. The third-order valence-corrected chi connectivity index (χ3v) is 6.81. The predicted molar refractivity (Wildman–Crippen MR) is 144 cm³/mol. The number of ketones is 1. The molecule has 1 aromatic carbocycles. The Bertz CT molecular complexity index is 1180. The number of halogens is 4. The first-order chi connectivity index (χ1) is 15.7. The highest BCUT2D eigenvalue weighted by Gasteiger charge is 2.23. The van der Waals surface area contributed by atoms with Crippen molar-refractivity contribution >= 4 is 58.9 Å². The summed E-state index contributed by atoms with van der Waals surface area (Å²) in [4.78, 5) is 23.8. The van der Waals surface area contributed by atoms with E-state index in [4.69, 9.17) is 16.6 Å². The first-order valence-electron chi connectivity index (χ1n) is 11.1. The number of anilines is 1. The van der Waals surface area contributed by atoms with Gasteiger partial charge in [-0.2, -0.15) is 0 Å². The molecule has 0 unspecified atom stereocenters. The van der Waals surface area contributed by atoms with E-state index in [0.717, 1.165) is 32.2 Å². The molecule has 2 heterocycles. The summed E-state index contributed by atoms with van der Waals surface area (Å²) in [5.74, 6) is -0.999. The van der Waals surface area contributed by atoms with Crippen LogP contribution in [0.15, 0.2) is 30.5 Å². The fraction of sp³-hybridized carbons (Fsp3) is 0.400. The Morgan fingerprint density at radius 2 is 1.89 bits per heavy atom. The second kappa shape index (κ2) is 12.2. The number of carbonyl (C=O) groups is 1. The molecule has 0 radical (unpaired) electrons. The van der Waals surface area contributed by atoms with Gasteiger partial charge in [-0.15, -0.1) is 24.8 Å². The summed E-state index contributed by atoms with van der Waals surface area (Å²) in [7, 11) is 4.25. The van der Waals surface area contributed by atoms with Gasteiger partial charge in [0.2, 0.25) is 0 Å². The minimum Gasteiger partial charge on any atom is -0.504 e. The van der Waals surface area contributed by atoms with Crippen LogP contribution in [0.2, 0.25) is 5.02 Å². The smallest absolute Gasteiger partial charge is 0.170 e. The number of phenols is 1. The first kappa shape index (κ1) is 29.0. The van der Waals surface area contributed by atoms with Gasteiger partial charge in [-0.3, -0.25) is 9.78 Å². The zero-order chi connectivity index (χ0) is 23.7. The molecule has 0 aliphatic heterocycles. The van der Waals surface area contributed by atoms with Crippen molar-refractivity contribution in [3.05, 3.63) is 46.9 Å². The molecule has 0 bridgehead atoms. The van der Waals surface area contributed by atoms with Gasteiger partial charge in [0.05, 0.1) is 27.5 Å². The summed E-state index contributed by atoms with van der Waals surface area (Å²) < 4.78 is 14.1. The molecule has 0 atom stereocenters. The molecule has 1 aliphatic rings. The number of nitrogens with zero attached hydrogens (tertiary/aromatic N) is 3. The van der Waals surface area contributed by atoms with Crippen LogP contribution in [0.1, 0.15) is 43.0 Å². The number of rotatable bonds is 6. The Morgan fingerprint density at radius 3 is 2.49 bits per heavy atom. The second-order valence-corrected chi connectivity index (χ2v) is 9.38. The van der Waals surface area contributed by atoms with Crippen molar-refractivity contribution in [2.75, 3.05) is 26.0 Å². The minimum absolute atomic E-state index is 0. The van der Waals surface area contributed by atoms with E-state index in [1.807, 2.05) is 0 Å². The van der Waals surface area contributed by atoms with Crippen molar-refractivity contribution < 1.29 is 14.3 Å². The number of nitrogens with one attached hydrogen (secondary N) is 1. The summed E-state index contributed by atoms with van der Waals surface area (Å²) in [6.07, 6.45) is 6.14. The molecular weight excluding hydrogens is 514 g/mol. The molecule has 0 amide bonds. The molecule has 35 heavy (non-hydrogen) atoms. The Morgan fingerprint density at radius 1 is 1.20 bits per heavy atom. The van der Waals surface area contributed by atoms with Crippen LogP contribution in [-0.2, 0) is 0 Å². The van der Waals surface area contributed by atoms with E-state index in [1.165, 1.54) is 19.1 Å². The zero-order valence-electron chi connectivity index (χ0n) is 19.8. The summed E-state index contributed by atoms with van der Waals surface area (Å²) in [6.45, 7) is 2.25. The highest BCUT2D eigenvalue weighted by Crippen LogP contribution is 2.34. The quantitative estimate of drug-likeness (QED) is 0.352. The SMILES string of the molecule is CC(=O)c1cnc2ccc(-c3cc(F)c(O)c(Cl)c3)nc2c1NCC1CCC(N(C)C)CC1.Cl.Cl. The van der Waals surface area contributed by atoms with E-state index in [9.17, 15) is 14.3 Å². The number of hydrogen-bond acceptors (Lipinski definition) is 6. The summed E-state index contributed by atoms with van der Waals surface area (Å²) in [6, 6.07) is 6.78. The standard InChI is InChI=1S/C25H28ClFN4O2.2ClH/c1-14(32)18-13-28-22-9-8-21(16-10-19(26)25(33)20(27)11-16)30-24(22)23(18)29-12-15-4-6-17(7-5-15)31(2)3;;/h8-11,13,15,17,33H,4-7,12H2,1-3H3,(H,28,29);2*1H. The van der Waals surface area contributed by atoms with E-state index in [2.05, 4.69) is 29.3 Å². The van der Waals surface area contributed by atoms with Crippen molar-refractivity contribution in [3.63, 3.8) is 0 Å². The van der Waals surface area contributed by atoms with Crippen LogP contribution in [0.3, 0.4) is 0 Å². The lowest BCUT2D eigenvalue weighted by Crippen LogP contribution is -2.33. The fourth-order valence-electron chi connectivity index (χ4n) is 4.50. The molecule has 2 aromatic heterocycles. The van der Waals surface area contributed by atoms with Crippen molar-refractivity contribution in [2.24, 2.45) is 5.92 Å². The molecule has 1 saturated carbocycles. The van der Waals surface area contributed by atoms with E-state index in [-0.39, 0.29) is 35.6 Å². The number of aromatic hydroxyl groups is 1. The van der Waals surface area contributed by atoms with Crippen LogP contribution >= 0.6 is 36.4 Å². The Balaban J connectivity index is 0.00000216. The number of pyridine rings is 2. The summed E-state index contributed by atoms with van der Waals surface area (Å²) in [5.41, 5.74) is 3.21. The van der Waals surface area contributed by atoms with E-state index < -0.39 is 11.6 Å². The molecule has 3 aromatic rings. The van der Waals surface area contributed by atoms with Crippen LogP contribution in [0.5, 0.6) is 5.75 Å². The predicted octanol–water partition coefficient (Wildman–Crippen LogP) is 6.37. The number of fused-ring (bicyclic) bond motifs is 1. The first-order valence-corrected chi connectivity index (χ1v) is 11.5. The molecular formula is C25H30Cl3FN4O2. The van der Waals surface area contributed by atoms with Gasteiger partial charge in [0.25, 0.3) is 0 Å². The molecule has 0 saturated heterocycles. The Labute approximate surface area is 222 Å². The van der Waals surface area contributed by atoms with Gasteiger partial charge in [-0.1, -0.05) is 11.6 Å². The molecule has 1 fully saturated rings.